The van der Waals surface area contributed by atoms with Gasteiger partial charge in [-0.25, -0.2) is 5.84 Å². The SMILES string of the molecule is CCCC(C)N(C)CCOc1cccc(C(=O)NN)c1. The van der Waals surface area contributed by atoms with Gasteiger partial charge in [0.25, 0.3) is 5.91 Å². The topological polar surface area (TPSA) is 67.6 Å². The van der Waals surface area contributed by atoms with Crippen LogP contribution >= 0.6 is 0 Å². The maximum absolute atomic E-state index is 11.4. The zero-order valence-corrected chi connectivity index (χ0v) is 12.6. The Morgan fingerprint density at radius 1 is 1.50 bits per heavy atom. The Labute approximate surface area is 121 Å². The zero-order chi connectivity index (χ0) is 15.0. The smallest absolute Gasteiger partial charge is 0.265 e. The Kier molecular flexibility index (Phi) is 7.04. The molecule has 1 atom stereocenters. The molecule has 0 spiro atoms. The summed E-state index contributed by atoms with van der Waals surface area (Å²) < 4.78 is 5.68. The fourth-order valence-corrected chi connectivity index (χ4v) is 1.98. The van der Waals surface area contributed by atoms with Crippen LogP contribution in [0.3, 0.4) is 0 Å². The van der Waals surface area contributed by atoms with E-state index in [0.717, 1.165) is 6.54 Å². The second-order valence-corrected chi connectivity index (χ2v) is 4.97. The van der Waals surface area contributed by atoms with Crippen molar-refractivity contribution in [2.45, 2.75) is 32.7 Å². The van der Waals surface area contributed by atoms with Crippen molar-refractivity contribution in [3.05, 3.63) is 29.8 Å². The third-order valence-electron chi connectivity index (χ3n) is 3.40. The highest BCUT2D eigenvalue weighted by atomic mass is 16.5. The summed E-state index contributed by atoms with van der Waals surface area (Å²) in [5.41, 5.74) is 2.61. The normalized spacial score (nSPS) is 12.2. The largest absolute Gasteiger partial charge is 0.492 e. The van der Waals surface area contributed by atoms with Gasteiger partial charge in [-0.3, -0.25) is 10.2 Å². The van der Waals surface area contributed by atoms with Crippen LogP contribution in [0.25, 0.3) is 0 Å². The van der Waals surface area contributed by atoms with Gasteiger partial charge in [-0.2, -0.15) is 0 Å². The molecule has 1 amide bonds. The Balaban J connectivity index is 2.44. The highest BCUT2D eigenvalue weighted by Crippen LogP contribution is 2.13. The molecule has 0 heterocycles. The van der Waals surface area contributed by atoms with Crippen molar-refractivity contribution in [1.29, 1.82) is 0 Å². The van der Waals surface area contributed by atoms with Crippen molar-refractivity contribution < 1.29 is 9.53 Å². The van der Waals surface area contributed by atoms with E-state index in [2.05, 4.69) is 31.2 Å². The first-order chi connectivity index (χ1) is 9.58. The highest BCUT2D eigenvalue weighted by molar-refractivity contribution is 5.94. The van der Waals surface area contributed by atoms with Gasteiger partial charge in [-0.15, -0.1) is 0 Å². The fraction of sp³-hybridized carbons (Fsp3) is 0.533. The van der Waals surface area contributed by atoms with Crippen LogP contribution in [0, 0.1) is 0 Å². The molecule has 0 saturated carbocycles. The molecule has 3 N–H and O–H groups in total. The molecule has 0 aliphatic heterocycles. The first kappa shape index (κ1) is 16.5. The number of ether oxygens (including phenoxy) is 1. The monoisotopic (exact) mass is 279 g/mol. The lowest BCUT2D eigenvalue weighted by molar-refractivity contribution is 0.0953. The third-order valence-corrected chi connectivity index (χ3v) is 3.40. The number of carbonyl (C=O) groups is 1. The van der Waals surface area contributed by atoms with Gasteiger partial charge in [-0.1, -0.05) is 19.4 Å². The lowest BCUT2D eigenvalue weighted by atomic mass is 10.2. The number of nitrogens with zero attached hydrogens (tertiary/aromatic N) is 1. The Morgan fingerprint density at radius 3 is 2.90 bits per heavy atom. The van der Waals surface area contributed by atoms with Gasteiger partial charge >= 0.3 is 0 Å². The van der Waals surface area contributed by atoms with Crippen molar-refractivity contribution in [2.24, 2.45) is 5.84 Å². The number of hydrogen-bond donors (Lipinski definition) is 2. The Hall–Kier alpha value is -1.59. The van der Waals surface area contributed by atoms with Gasteiger partial charge in [0.2, 0.25) is 0 Å². The molecule has 1 aromatic carbocycles. The number of nitrogens with one attached hydrogen (secondary N) is 1. The molecule has 20 heavy (non-hydrogen) atoms. The van der Waals surface area contributed by atoms with Crippen LogP contribution in [0.4, 0.5) is 0 Å². The predicted molar refractivity (Wildman–Crippen MR) is 80.6 cm³/mol. The molecule has 5 heteroatoms. The van der Waals surface area contributed by atoms with E-state index in [4.69, 9.17) is 10.6 Å². The van der Waals surface area contributed by atoms with Crippen molar-refractivity contribution in [3.8, 4) is 5.75 Å². The van der Waals surface area contributed by atoms with E-state index in [0.29, 0.717) is 24.0 Å². The van der Waals surface area contributed by atoms with Gasteiger partial charge in [0.05, 0.1) is 0 Å². The van der Waals surface area contributed by atoms with Crippen molar-refractivity contribution >= 4 is 5.91 Å². The van der Waals surface area contributed by atoms with Crippen LogP contribution in [0.5, 0.6) is 5.75 Å². The number of rotatable bonds is 8. The summed E-state index contributed by atoms with van der Waals surface area (Å²) in [4.78, 5) is 13.7. The number of likely N-dealkylation sites (N-methyl/N-ethyl adjacent to an activating group) is 1. The maximum Gasteiger partial charge on any atom is 0.265 e. The number of benzene rings is 1. The van der Waals surface area contributed by atoms with E-state index < -0.39 is 0 Å². The lowest BCUT2D eigenvalue weighted by Crippen LogP contribution is -2.32. The number of carbonyl (C=O) groups excluding carboxylic acids is 1. The quantitative estimate of drug-likeness (QED) is 0.432. The van der Waals surface area contributed by atoms with E-state index in [1.165, 1.54) is 12.8 Å². The van der Waals surface area contributed by atoms with Crippen LogP contribution in [0.2, 0.25) is 0 Å². The number of amides is 1. The maximum atomic E-state index is 11.4. The van der Waals surface area contributed by atoms with Crippen LogP contribution < -0.4 is 16.0 Å². The molecule has 0 saturated heterocycles. The first-order valence-electron chi connectivity index (χ1n) is 7.02. The van der Waals surface area contributed by atoms with Gasteiger partial charge in [0.1, 0.15) is 12.4 Å². The van der Waals surface area contributed by atoms with Crippen molar-refractivity contribution in [1.82, 2.24) is 10.3 Å². The minimum Gasteiger partial charge on any atom is -0.492 e. The molecule has 1 aromatic rings. The fourth-order valence-electron chi connectivity index (χ4n) is 1.98. The standard InChI is InChI=1S/C15H25N3O2/c1-4-6-12(2)18(3)9-10-20-14-8-5-7-13(11-14)15(19)17-16/h5,7-8,11-12H,4,6,9-10,16H2,1-3H3,(H,17,19). The van der Waals surface area contributed by atoms with Crippen molar-refractivity contribution in [3.63, 3.8) is 0 Å². The van der Waals surface area contributed by atoms with E-state index in [1.54, 1.807) is 18.2 Å². The predicted octanol–water partition coefficient (Wildman–Crippen LogP) is 1.79. The van der Waals surface area contributed by atoms with E-state index in [9.17, 15) is 4.79 Å². The summed E-state index contributed by atoms with van der Waals surface area (Å²) in [7, 11) is 2.10. The minimum atomic E-state index is -0.316. The molecule has 1 rings (SSSR count). The molecule has 5 nitrogen and oxygen atoms in total. The summed E-state index contributed by atoms with van der Waals surface area (Å²) >= 11 is 0. The molecule has 1 unspecified atom stereocenters. The number of nitrogen functional groups attached to an aromatic ring is 1. The Bertz CT molecular complexity index is 423. The molecule has 0 fully saturated rings. The number of nitrogens with two attached hydrogens (primary N) is 1. The van der Waals surface area contributed by atoms with Gasteiger partial charge in [0.15, 0.2) is 0 Å². The lowest BCUT2D eigenvalue weighted by Gasteiger charge is -2.24. The number of hydrogen-bond acceptors (Lipinski definition) is 4. The summed E-state index contributed by atoms with van der Waals surface area (Å²) in [5, 5.41) is 0. The second-order valence-electron chi connectivity index (χ2n) is 4.97. The van der Waals surface area contributed by atoms with Crippen LogP contribution in [-0.2, 0) is 0 Å². The molecule has 0 aromatic heterocycles. The summed E-state index contributed by atoms with van der Waals surface area (Å²) in [6.07, 6.45) is 2.37. The summed E-state index contributed by atoms with van der Waals surface area (Å²) in [5.74, 6) is 5.48. The first-order valence-corrected chi connectivity index (χ1v) is 7.02. The van der Waals surface area contributed by atoms with Crippen molar-refractivity contribution in [2.75, 3.05) is 20.2 Å². The van der Waals surface area contributed by atoms with Crippen LogP contribution in [0.1, 0.15) is 37.0 Å². The van der Waals surface area contributed by atoms with E-state index in [1.807, 2.05) is 6.07 Å². The second kappa shape index (κ2) is 8.55. The van der Waals surface area contributed by atoms with Crippen LogP contribution in [0.15, 0.2) is 24.3 Å². The molecular weight excluding hydrogens is 254 g/mol. The van der Waals surface area contributed by atoms with Gasteiger partial charge < -0.3 is 9.64 Å². The van der Waals surface area contributed by atoms with Gasteiger partial charge in [-0.05, 0) is 38.6 Å². The highest BCUT2D eigenvalue weighted by Gasteiger charge is 2.08. The molecule has 0 aliphatic carbocycles. The van der Waals surface area contributed by atoms with Gasteiger partial charge in [0, 0.05) is 18.2 Å². The van der Waals surface area contributed by atoms with E-state index >= 15 is 0 Å². The molecular formula is C15H25N3O2. The Morgan fingerprint density at radius 2 is 2.25 bits per heavy atom. The average molecular weight is 279 g/mol. The molecule has 0 bridgehead atoms. The molecule has 112 valence electrons. The molecule has 0 radical (unpaired) electrons. The summed E-state index contributed by atoms with van der Waals surface area (Å²) in [6.45, 7) is 5.86. The zero-order valence-electron chi connectivity index (χ0n) is 12.6. The minimum absolute atomic E-state index is 0.316. The number of hydrazine groups is 1. The molecule has 0 aliphatic rings. The average Bonchev–Trinajstić information content (AvgIpc) is 2.46. The summed E-state index contributed by atoms with van der Waals surface area (Å²) in [6, 6.07) is 7.56. The third kappa shape index (κ3) is 5.19. The van der Waals surface area contributed by atoms with E-state index in [-0.39, 0.29) is 5.91 Å². The van der Waals surface area contributed by atoms with Crippen LogP contribution in [-0.4, -0.2) is 37.0 Å².